The molecule has 0 aromatic heterocycles. The van der Waals surface area contributed by atoms with Crippen molar-refractivity contribution in [3.05, 3.63) is 0 Å². The lowest BCUT2D eigenvalue weighted by Crippen LogP contribution is -2.47. The first-order chi connectivity index (χ1) is 9.29. The van der Waals surface area contributed by atoms with Crippen LogP contribution < -0.4 is 5.32 Å². The van der Waals surface area contributed by atoms with Gasteiger partial charge in [-0.25, -0.2) is 0 Å². The van der Waals surface area contributed by atoms with Crippen LogP contribution in [0, 0.1) is 17.2 Å². The monoisotopic (exact) mass is 268 g/mol. The van der Waals surface area contributed by atoms with Gasteiger partial charge in [0.1, 0.15) is 5.54 Å². The van der Waals surface area contributed by atoms with Crippen molar-refractivity contribution in [3.8, 4) is 6.07 Å². The molecule has 0 spiro atoms. The van der Waals surface area contributed by atoms with Crippen molar-refractivity contribution in [2.45, 2.75) is 51.5 Å². The Labute approximate surface area is 117 Å². The molecule has 0 aromatic rings. The van der Waals surface area contributed by atoms with Gasteiger partial charge in [-0.1, -0.05) is 13.3 Å². The first-order valence-electron chi connectivity index (χ1n) is 7.60. The second-order valence-electron chi connectivity index (χ2n) is 5.20. The molecule has 110 valence electrons. The van der Waals surface area contributed by atoms with Gasteiger partial charge >= 0.3 is 0 Å². The van der Waals surface area contributed by atoms with Crippen molar-refractivity contribution < 1.29 is 9.47 Å². The van der Waals surface area contributed by atoms with Gasteiger partial charge < -0.3 is 9.47 Å². The van der Waals surface area contributed by atoms with Crippen LogP contribution in [0.4, 0.5) is 0 Å². The molecule has 1 aliphatic rings. The fourth-order valence-electron chi connectivity index (χ4n) is 2.83. The molecule has 1 aliphatic carbocycles. The van der Waals surface area contributed by atoms with Crippen molar-refractivity contribution >= 4 is 0 Å². The molecule has 1 saturated carbocycles. The molecule has 1 rings (SSSR count). The lowest BCUT2D eigenvalue weighted by Gasteiger charge is -2.30. The van der Waals surface area contributed by atoms with Crippen molar-refractivity contribution in [2.24, 2.45) is 5.92 Å². The Morgan fingerprint density at radius 3 is 2.74 bits per heavy atom. The highest BCUT2D eigenvalue weighted by atomic mass is 16.5. The zero-order valence-corrected chi connectivity index (χ0v) is 12.4. The maximum absolute atomic E-state index is 9.51. The predicted molar refractivity (Wildman–Crippen MR) is 75.9 cm³/mol. The fraction of sp³-hybridized carbons (Fsp3) is 0.933. The largest absolute Gasteiger partial charge is 0.379 e. The van der Waals surface area contributed by atoms with Gasteiger partial charge in [0.25, 0.3) is 0 Å². The van der Waals surface area contributed by atoms with Crippen LogP contribution >= 0.6 is 0 Å². The minimum Gasteiger partial charge on any atom is -0.379 e. The Morgan fingerprint density at radius 2 is 2.05 bits per heavy atom. The standard InChI is InChI=1S/C15H28N2O2/c1-3-9-17-15(13-16)8-5-6-14(15)7-10-19-12-11-18-4-2/h14,17H,3-12H2,1-2H3. The third kappa shape index (κ3) is 5.10. The van der Waals surface area contributed by atoms with Gasteiger partial charge in [0, 0.05) is 13.2 Å². The van der Waals surface area contributed by atoms with Crippen LogP contribution in [0.25, 0.3) is 0 Å². The molecule has 4 nitrogen and oxygen atoms in total. The van der Waals surface area contributed by atoms with Gasteiger partial charge in [0.15, 0.2) is 0 Å². The average molecular weight is 268 g/mol. The number of hydrogen-bond donors (Lipinski definition) is 1. The lowest BCUT2D eigenvalue weighted by molar-refractivity contribution is 0.0449. The zero-order chi connectivity index (χ0) is 14.0. The summed E-state index contributed by atoms with van der Waals surface area (Å²) in [5, 5.41) is 13.0. The Bertz CT molecular complexity index is 278. The molecule has 0 saturated heterocycles. The molecule has 0 bridgehead atoms. The van der Waals surface area contributed by atoms with Crippen LogP contribution in [0.1, 0.15) is 46.0 Å². The minimum atomic E-state index is -0.306. The van der Waals surface area contributed by atoms with E-state index in [9.17, 15) is 5.26 Å². The smallest absolute Gasteiger partial charge is 0.109 e. The van der Waals surface area contributed by atoms with Crippen molar-refractivity contribution in [3.63, 3.8) is 0 Å². The highest BCUT2D eigenvalue weighted by molar-refractivity contribution is 5.13. The van der Waals surface area contributed by atoms with Gasteiger partial charge in [-0.05, 0) is 45.1 Å². The van der Waals surface area contributed by atoms with Crippen LogP contribution in [0.15, 0.2) is 0 Å². The van der Waals surface area contributed by atoms with Gasteiger partial charge in [0.2, 0.25) is 0 Å². The topological polar surface area (TPSA) is 54.3 Å². The van der Waals surface area contributed by atoms with Crippen LogP contribution in [0.3, 0.4) is 0 Å². The Morgan fingerprint density at radius 1 is 1.26 bits per heavy atom. The van der Waals surface area contributed by atoms with E-state index >= 15 is 0 Å². The Balaban J connectivity index is 2.28. The van der Waals surface area contributed by atoms with Crippen LogP contribution in [0.5, 0.6) is 0 Å². The Hall–Kier alpha value is -0.630. The summed E-state index contributed by atoms with van der Waals surface area (Å²) in [6.07, 6.45) is 5.30. The third-order valence-electron chi connectivity index (χ3n) is 3.90. The summed E-state index contributed by atoms with van der Waals surface area (Å²) in [6, 6.07) is 2.53. The van der Waals surface area contributed by atoms with Gasteiger partial charge in [-0.3, -0.25) is 5.32 Å². The number of rotatable bonds is 10. The highest BCUT2D eigenvalue weighted by Gasteiger charge is 2.42. The van der Waals surface area contributed by atoms with E-state index in [0.717, 1.165) is 51.9 Å². The van der Waals surface area contributed by atoms with E-state index in [2.05, 4.69) is 18.3 Å². The molecule has 0 heterocycles. The van der Waals surface area contributed by atoms with E-state index in [-0.39, 0.29) is 5.54 Å². The molecule has 0 aromatic carbocycles. The SMILES string of the molecule is CCCNC1(C#N)CCCC1CCOCCOCC. The molecule has 2 unspecified atom stereocenters. The summed E-state index contributed by atoms with van der Waals surface area (Å²) in [5.74, 6) is 0.427. The van der Waals surface area contributed by atoms with Crippen molar-refractivity contribution in [2.75, 3.05) is 33.0 Å². The van der Waals surface area contributed by atoms with Crippen molar-refractivity contribution in [1.82, 2.24) is 5.32 Å². The number of hydrogen-bond acceptors (Lipinski definition) is 4. The van der Waals surface area contributed by atoms with E-state index in [1.54, 1.807) is 0 Å². The molecule has 19 heavy (non-hydrogen) atoms. The van der Waals surface area contributed by atoms with Gasteiger partial charge in [0.05, 0.1) is 19.3 Å². The summed E-state index contributed by atoms with van der Waals surface area (Å²) in [6.45, 7) is 7.84. The average Bonchev–Trinajstić information content (AvgIpc) is 2.84. The highest BCUT2D eigenvalue weighted by Crippen LogP contribution is 2.37. The quantitative estimate of drug-likeness (QED) is 0.618. The molecule has 0 amide bonds. The molecule has 1 N–H and O–H groups in total. The molecule has 1 fully saturated rings. The number of nitrogens with one attached hydrogen (secondary N) is 1. The number of ether oxygens (including phenoxy) is 2. The van der Waals surface area contributed by atoms with E-state index in [0.29, 0.717) is 19.1 Å². The van der Waals surface area contributed by atoms with E-state index in [1.807, 2.05) is 6.92 Å². The van der Waals surface area contributed by atoms with Crippen LogP contribution in [0.2, 0.25) is 0 Å². The summed E-state index contributed by atoms with van der Waals surface area (Å²) < 4.78 is 10.8. The number of nitriles is 1. The molecule has 2 atom stereocenters. The predicted octanol–water partition coefficient (Wildman–Crippen LogP) is 2.49. The Kier molecular flexibility index (Phi) is 8.04. The molecule has 4 heteroatoms. The molecular weight excluding hydrogens is 240 g/mol. The number of nitrogens with zero attached hydrogens (tertiary/aromatic N) is 1. The second kappa shape index (κ2) is 9.30. The summed E-state index contributed by atoms with van der Waals surface area (Å²) >= 11 is 0. The summed E-state index contributed by atoms with van der Waals surface area (Å²) in [4.78, 5) is 0. The first-order valence-corrected chi connectivity index (χ1v) is 7.60. The maximum atomic E-state index is 9.51. The second-order valence-corrected chi connectivity index (χ2v) is 5.20. The van der Waals surface area contributed by atoms with Crippen LogP contribution in [-0.4, -0.2) is 38.5 Å². The fourth-order valence-corrected chi connectivity index (χ4v) is 2.83. The minimum absolute atomic E-state index is 0.306. The normalized spacial score (nSPS) is 26.5. The van der Waals surface area contributed by atoms with Gasteiger partial charge in [-0.2, -0.15) is 5.26 Å². The van der Waals surface area contributed by atoms with E-state index < -0.39 is 0 Å². The third-order valence-corrected chi connectivity index (χ3v) is 3.90. The first kappa shape index (κ1) is 16.4. The summed E-state index contributed by atoms with van der Waals surface area (Å²) in [5.41, 5.74) is -0.306. The van der Waals surface area contributed by atoms with Crippen LogP contribution in [-0.2, 0) is 9.47 Å². The van der Waals surface area contributed by atoms with E-state index in [4.69, 9.17) is 9.47 Å². The van der Waals surface area contributed by atoms with Crippen molar-refractivity contribution in [1.29, 1.82) is 5.26 Å². The zero-order valence-electron chi connectivity index (χ0n) is 12.4. The van der Waals surface area contributed by atoms with E-state index in [1.165, 1.54) is 0 Å². The lowest BCUT2D eigenvalue weighted by atomic mass is 9.86. The summed E-state index contributed by atoms with van der Waals surface area (Å²) in [7, 11) is 0. The molecule has 0 aliphatic heterocycles. The van der Waals surface area contributed by atoms with Gasteiger partial charge in [-0.15, -0.1) is 0 Å². The molecular formula is C15H28N2O2. The molecule has 0 radical (unpaired) electrons. The maximum Gasteiger partial charge on any atom is 0.109 e.